The van der Waals surface area contributed by atoms with Gasteiger partial charge in [0.25, 0.3) is 0 Å². The van der Waals surface area contributed by atoms with Crippen molar-refractivity contribution in [3.8, 4) is 23.0 Å². The van der Waals surface area contributed by atoms with E-state index in [0.29, 0.717) is 43.8 Å². The number of hydrogen-bond donors (Lipinski definition) is 4. The monoisotopic (exact) mass is 450 g/mol. The van der Waals surface area contributed by atoms with Crippen molar-refractivity contribution in [3.63, 3.8) is 0 Å². The molecule has 0 saturated carbocycles. The van der Waals surface area contributed by atoms with E-state index in [1.807, 2.05) is 0 Å². The fourth-order valence-corrected chi connectivity index (χ4v) is 4.87. The van der Waals surface area contributed by atoms with Crippen molar-refractivity contribution in [1.82, 2.24) is 0 Å². The van der Waals surface area contributed by atoms with E-state index in [1.165, 1.54) is 36.4 Å². The number of rotatable bonds is 2. The van der Waals surface area contributed by atoms with Crippen LogP contribution in [-0.2, 0) is 10.3 Å². The van der Waals surface area contributed by atoms with Gasteiger partial charge in [-0.2, -0.15) is 0 Å². The number of phenolic OH excluding ortho intramolecular Hbond substituents is 4. The molecule has 0 radical (unpaired) electrons. The summed E-state index contributed by atoms with van der Waals surface area (Å²) < 4.78 is 6.09. The molecule has 0 spiro atoms. The number of benzene rings is 5. The Balaban J connectivity index is 1.71. The molecule has 4 N–H and O–H groups in total. The molecule has 0 unspecified atom stereocenters. The van der Waals surface area contributed by atoms with Crippen LogP contribution in [0.25, 0.3) is 21.5 Å². The molecular formula is C28H18O6. The Kier molecular flexibility index (Phi) is 4.04. The maximum Gasteiger partial charge on any atom is 0.340 e. The van der Waals surface area contributed by atoms with Gasteiger partial charge in [-0.05, 0) is 65.4 Å². The fraction of sp³-hybridized carbons (Fsp3) is 0.0357. The average Bonchev–Trinajstić information content (AvgIpc) is 3.13. The lowest BCUT2D eigenvalue weighted by Gasteiger charge is -2.31. The Labute approximate surface area is 193 Å². The summed E-state index contributed by atoms with van der Waals surface area (Å²) in [7, 11) is 0. The highest BCUT2D eigenvalue weighted by Gasteiger charge is 2.49. The van der Waals surface area contributed by atoms with Crippen molar-refractivity contribution in [2.45, 2.75) is 5.60 Å². The van der Waals surface area contributed by atoms with Crippen molar-refractivity contribution >= 4 is 27.5 Å². The summed E-state index contributed by atoms with van der Waals surface area (Å²) in [6.45, 7) is 0. The number of hydrogen-bond acceptors (Lipinski definition) is 6. The van der Waals surface area contributed by atoms with Crippen molar-refractivity contribution in [3.05, 3.63) is 107 Å². The predicted octanol–water partition coefficient (Wildman–Crippen LogP) is 5.28. The largest absolute Gasteiger partial charge is 0.508 e. The molecule has 1 aliphatic rings. The molecule has 0 fully saturated rings. The van der Waals surface area contributed by atoms with Crippen LogP contribution >= 0.6 is 0 Å². The van der Waals surface area contributed by atoms with Gasteiger partial charge in [0.05, 0.1) is 5.56 Å². The van der Waals surface area contributed by atoms with Crippen molar-refractivity contribution in [2.75, 3.05) is 0 Å². The molecule has 5 aromatic rings. The van der Waals surface area contributed by atoms with Gasteiger partial charge in [0.1, 0.15) is 23.0 Å². The Morgan fingerprint density at radius 1 is 0.618 bits per heavy atom. The highest BCUT2D eigenvalue weighted by Crippen LogP contribution is 2.50. The number of carbonyl (C=O) groups excluding carboxylic acids is 1. The van der Waals surface area contributed by atoms with Gasteiger partial charge < -0.3 is 25.2 Å². The van der Waals surface area contributed by atoms with Gasteiger partial charge in [-0.25, -0.2) is 4.79 Å². The molecule has 0 bridgehead atoms. The number of esters is 1. The van der Waals surface area contributed by atoms with Crippen molar-refractivity contribution in [1.29, 1.82) is 0 Å². The quantitative estimate of drug-likeness (QED) is 0.273. The third-order valence-electron chi connectivity index (χ3n) is 6.42. The van der Waals surface area contributed by atoms with Gasteiger partial charge in [-0.15, -0.1) is 0 Å². The van der Waals surface area contributed by atoms with E-state index in [0.717, 1.165) is 0 Å². The zero-order valence-corrected chi connectivity index (χ0v) is 17.7. The van der Waals surface area contributed by atoms with E-state index < -0.39 is 11.6 Å². The highest BCUT2D eigenvalue weighted by atomic mass is 16.6. The minimum Gasteiger partial charge on any atom is -0.508 e. The molecule has 5 aromatic carbocycles. The predicted molar refractivity (Wildman–Crippen MR) is 126 cm³/mol. The summed E-state index contributed by atoms with van der Waals surface area (Å²) in [4.78, 5) is 13.0. The van der Waals surface area contributed by atoms with Gasteiger partial charge in [0, 0.05) is 27.5 Å². The Morgan fingerprint density at radius 3 is 1.71 bits per heavy atom. The lowest BCUT2D eigenvalue weighted by molar-refractivity contribution is 0.0251. The maximum atomic E-state index is 13.0. The topological polar surface area (TPSA) is 107 Å². The van der Waals surface area contributed by atoms with E-state index in [2.05, 4.69) is 0 Å². The van der Waals surface area contributed by atoms with Gasteiger partial charge in [-0.1, -0.05) is 30.3 Å². The van der Waals surface area contributed by atoms with Crippen LogP contribution in [0, 0.1) is 0 Å². The van der Waals surface area contributed by atoms with Gasteiger partial charge in [0.15, 0.2) is 5.60 Å². The summed E-state index contributed by atoms with van der Waals surface area (Å²) in [5, 5.41) is 43.6. The Morgan fingerprint density at radius 2 is 1.15 bits per heavy atom. The SMILES string of the molecule is O=C1OC(c2cc(O)c3cc(O)ccc3c2)(c2cc(O)c3cc(O)ccc3c2)c2ccccc21. The molecule has 1 aliphatic heterocycles. The van der Waals surface area contributed by atoms with Crippen LogP contribution in [0.3, 0.4) is 0 Å². The lowest BCUT2D eigenvalue weighted by atomic mass is 9.78. The zero-order valence-electron chi connectivity index (χ0n) is 17.7. The van der Waals surface area contributed by atoms with Crippen LogP contribution in [0.5, 0.6) is 23.0 Å². The molecule has 0 atom stereocenters. The normalized spacial score (nSPS) is 14.3. The number of phenols is 4. The smallest absolute Gasteiger partial charge is 0.340 e. The van der Waals surface area contributed by atoms with Gasteiger partial charge in [0.2, 0.25) is 0 Å². The second-order valence-electron chi connectivity index (χ2n) is 8.42. The van der Waals surface area contributed by atoms with Crippen LogP contribution < -0.4 is 0 Å². The lowest BCUT2D eigenvalue weighted by Crippen LogP contribution is -2.29. The summed E-state index contributed by atoms with van der Waals surface area (Å²) in [5.74, 6) is -0.654. The first-order chi connectivity index (χ1) is 16.4. The van der Waals surface area contributed by atoms with Crippen molar-refractivity contribution in [2.24, 2.45) is 0 Å². The number of carbonyl (C=O) groups is 1. The first-order valence-corrected chi connectivity index (χ1v) is 10.6. The van der Waals surface area contributed by atoms with E-state index in [4.69, 9.17) is 4.74 Å². The molecule has 166 valence electrons. The maximum absolute atomic E-state index is 13.0. The molecule has 6 heteroatoms. The first-order valence-electron chi connectivity index (χ1n) is 10.6. The number of fused-ring (bicyclic) bond motifs is 3. The average molecular weight is 450 g/mol. The van der Waals surface area contributed by atoms with Crippen LogP contribution in [0.2, 0.25) is 0 Å². The fourth-order valence-electron chi connectivity index (χ4n) is 4.87. The van der Waals surface area contributed by atoms with E-state index in [1.54, 1.807) is 48.5 Å². The Hall–Kier alpha value is -4.71. The summed E-state index contributed by atoms with van der Waals surface area (Å²) in [5.41, 5.74) is 0.493. The van der Waals surface area contributed by atoms with Crippen molar-refractivity contribution < 1.29 is 30.0 Å². The third-order valence-corrected chi connectivity index (χ3v) is 6.42. The minimum atomic E-state index is -1.44. The van der Waals surface area contributed by atoms with E-state index in [-0.39, 0.29) is 23.0 Å². The molecule has 0 saturated heterocycles. The molecule has 0 aliphatic carbocycles. The van der Waals surface area contributed by atoms with Gasteiger partial charge in [-0.3, -0.25) is 0 Å². The highest BCUT2D eigenvalue weighted by molar-refractivity contribution is 5.98. The first kappa shape index (κ1) is 19.9. The van der Waals surface area contributed by atoms with Crippen LogP contribution in [0.15, 0.2) is 84.9 Å². The van der Waals surface area contributed by atoms with Crippen LogP contribution in [0.4, 0.5) is 0 Å². The van der Waals surface area contributed by atoms with Gasteiger partial charge >= 0.3 is 5.97 Å². The summed E-state index contributed by atoms with van der Waals surface area (Å²) in [6.07, 6.45) is 0. The molecule has 6 nitrogen and oxygen atoms in total. The molecule has 1 heterocycles. The number of aromatic hydroxyl groups is 4. The van der Waals surface area contributed by atoms with E-state index in [9.17, 15) is 25.2 Å². The standard InChI is InChI=1S/C28H18O6/c29-19-7-5-15-9-17(11-25(31)22(15)13-19)28(24-4-2-1-3-21(24)27(33)34-28)18-10-16-6-8-20(30)14-23(16)26(32)12-18/h1-14,29-32H. The second kappa shape index (κ2) is 6.89. The van der Waals surface area contributed by atoms with E-state index >= 15 is 0 Å². The molecular weight excluding hydrogens is 432 g/mol. The third kappa shape index (κ3) is 2.72. The summed E-state index contributed by atoms with van der Waals surface area (Å²) in [6, 6.07) is 22.9. The number of cyclic esters (lactones) is 1. The number of ether oxygens (including phenoxy) is 1. The molecule has 6 rings (SSSR count). The Bertz CT molecular complexity index is 1560. The zero-order chi connectivity index (χ0) is 23.6. The molecule has 34 heavy (non-hydrogen) atoms. The second-order valence-corrected chi connectivity index (χ2v) is 8.42. The molecule has 0 amide bonds. The summed E-state index contributed by atoms with van der Waals surface area (Å²) >= 11 is 0. The van der Waals surface area contributed by atoms with Crippen LogP contribution in [-0.4, -0.2) is 26.4 Å². The minimum absolute atomic E-state index is 0.0191. The molecule has 0 aromatic heterocycles. The van der Waals surface area contributed by atoms with Crippen LogP contribution in [0.1, 0.15) is 27.0 Å².